The van der Waals surface area contributed by atoms with Crippen LogP contribution < -0.4 is 10.2 Å². The predicted octanol–water partition coefficient (Wildman–Crippen LogP) is 3.53. The van der Waals surface area contributed by atoms with Gasteiger partial charge in [-0.05, 0) is 30.7 Å². The van der Waals surface area contributed by atoms with Crippen LogP contribution in [0.5, 0.6) is 0 Å². The zero-order chi connectivity index (χ0) is 20.2. The predicted molar refractivity (Wildman–Crippen MR) is 114 cm³/mol. The number of aryl methyl sites for hydroxylation is 1. The van der Waals surface area contributed by atoms with Crippen LogP contribution >= 0.6 is 23.1 Å². The van der Waals surface area contributed by atoms with Crippen molar-refractivity contribution in [1.29, 1.82) is 0 Å². The van der Waals surface area contributed by atoms with Crippen LogP contribution in [0.15, 0.2) is 53.1 Å². The molecular formula is C20H19N5O2S2. The van der Waals surface area contributed by atoms with Crippen LogP contribution in [0.1, 0.15) is 17.5 Å². The van der Waals surface area contributed by atoms with Gasteiger partial charge in [-0.2, -0.15) is 0 Å². The van der Waals surface area contributed by atoms with E-state index in [0.717, 1.165) is 26.9 Å². The first-order valence-electron chi connectivity index (χ1n) is 9.11. The molecule has 1 aromatic carbocycles. The van der Waals surface area contributed by atoms with Gasteiger partial charge in [0, 0.05) is 36.8 Å². The average Bonchev–Trinajstić information content (AvgIpc) is 3.34. The Balaban J connectivity index is 1.33. The molecule has 1 N–H and O–H groups in total. The van der Waals surface area contributed by atoms with Gasteiger partial charge in [0.2, 0.25) is 16.9 Å². The second-order valence-corrected chi connectivity index (χ2v) is 8.95. The molecule has 0 aliphatic carbocycles. The van der Waals surface area contributed by atoms with E-state index in [9.17, 15) is 9.59 Å². The summed E-state index contributed by atoms with van der Waals surface area (Å²) in [5, 5.41) is 11.4. The van der Waals surface area contributed by atoms with Crippen molar-refractivity contribution in [2.45, 2.75) is 23.4 Å². The molecule has 2 amide bonds. The maximum Gasteiger partial charge on any atom is 0.231 e. The van der Waals surface area contributed by atoms with Crippen LogP contribution in [0.4, 0.5) is 10.8 Å². The number of aromatic nitrogens is 3. The standard InChI is InChI=1S/C20H19N5O2S2/c1-13-4-6-16(7-5-13)25-11-15(9-17(25)26)18(27)22-19-23-24-20(29-19)28-12-14-3-2-8-21-10-14/h2-8,10,15H,9,11-12H2,1H3,(H,22,23,27)/t15-/m0/s1. The number of hydrogen-bond acceptors (Lipinski definition) is 7. The zero-order valence-electron chi connectivity index (χ0n) is 15.7. The normalized spacial score (nSPS) is 16.2. The fraction of sp³-hybridized carbons (Fsp3) is 0.250. The molecule has 0 radical (unpaired) electrons. The second-order valence-electron chi connectivity index (χ2n) is 6.75. The first-order chi connectivity index (χ1) is 14.1. The lowest BCUT2D eigenvalue weighted by Crippen LogP contribution is -2.28. The van der Waals surface area contributed by atoms with E-state index in [1.807, 2.05) is 49.5 Å². The van der Waals surface area contributed by atoms with Gasteiger partial charge in [0.1, 0.15) is 0 Å². The summed E-state index contributed by atoms with van der Waals surface area (Å²) in [6, 6.07) is 11.6. The summed E-state index contributed by atoms with van der Waals surface area (Å²) in [6.45, 7) is 2.37. The lowest BCUT2D eigenvalue weighted by atomic mass is 10.1. The lowest BCUT2D eigenvalue weighted by Gasteiger charge is -2.16. The van der Waals surface area contributed by atoms with Crippen molar-refractivity contribution in [3.63, 3.8) is 0 Å². The first-order valence-corrected chi connectivity index (χ1v) is 10.9. The van der Waals surface area contributed by atoms with Gasteiger partial charge in [0.15, 0.2) is 4.34 Å². The molecule has 0 saturated carbocycles. The number of pyridine rings is 1. The third-order valence-corrected chi connectivity index (χ3v) is 6.61. The average molecular weight is 426 g/mol. The van der Waals surface area contributed by atoms with E-state index < -0.39 is 5.92 Å². The number of amides is 2. The van der Waals surface area contributed by atoms with Gasteiger partial charge >= 0.3 is 0 Å². The smallest absolute Gasteiger partial charge is 0.231 e. The van der Waals surface area contributed by atoms with Crippen molar-refractivity contribution in [1.82, 2.24) is 15.2 Å². The summed E-state index contributed by atoms with van der Waals surface area (Å²) >= 11 is 2.87. The number of nitrogens with zero attached hydrogens (tertiary/aromatic N) is 4. The molecule has 3 heterocycles. The van der Waals surface area contributed by atoms with Crippen LogP contribution in [0, 0.1) is 12.8 Å². The van der Waals surface area contributed by atoms with Crippen LogP contribution in [0.2, 0.25) is 0 Å². The molecule has 0 bridgehead atoms. The number of nitrogens with one attached hydrogen (secondary N) is 1. The Morgan fingerprint density at radius 3 is 2.86 bits per heavy atom. The highest BCUT2D eigenvalue weighted by atomic mass is 32.2. The topological polar surface area (TPSA) is 88.1 Å². The van der Waals surface area contributed by atoms with E-state index in [4.69, 9.17) is 0 Å². The molecule has 0 spiro atoms. The molecule has 1 atom stereocenters. The van der Waals surface area contributed by atoms with Crippen molar-refractivity contribution < 1.29 is 9.59 Å². The van der Waals surface area contributed by atoms with Gasteiger partial charge in [0.05, 0.1) is 5.92 Å². The highest BCUT2D eigenvalue weighted by Crippen LogP contribution is 2.30. The zero-order valence-corrected chi connectivity index (χ0v) is 17.4. The Morgan fingerprint density at radius 1 is 1.28 bits per heavy atom. The summed E-state index contributed by atoms with van der Waals surface area (Å²) in [5.41, 5.74) is 3.04. The maximum absolute atomic E-state index is 12.6. The molecule has 1 fully saturated rings. The third kappa shape index (κ3) is 4.80. The number of carbonyl (C=O) groups is 2. The van der Waals surface area contributed by atoms with E-state index >= 15 is 0 Å². The van der Waals surface area contributed by atoms with Gasteiger partial charge in [-0.1, -0.05) is 46.9 Å². The van der Waals surface area contributed by atoms with Crippen molar-refractivity contribution in [3.8, 4) is 0 Å². The molecule has 1 saturated heterocycles. The molecule has 7 nitrogen and oxygen atoms in total. The molecule has 9 heteroatoms. The summed E-state index contributed by atoms with van der Waals surface area (Å²) in [6.07, 6.45) is 3.75. The SMILES string of the molecule is Cc1ccc(N2C[C@@H](C(=O)Nc3nnc(SCc4cccnc4)s3)CC2=O)cc1. The fourth-order valence-electron chi connectivity index (χ4n) is 3.01. The highest BCUT2D eigenvalue weighted by Gasteiger charge is 2.35. The second kappa shape index (κ2) is 8.71. The Morgan fingerprint density at radius 2 is 2.10 bits per heavy atom. The van der Waals surface area contributed by atoms with E-state index in [2.05, 4.69) is 20.5 Å². The van der Waals surface area contributed by atoms with Gasteiger partial charge < -0.3 is 10.2 Å². The van der Waals surface area contributed by atoms with E-state index in [-0.39, 0.29) is 18.2 Å². The quantitative estimate of drug-likeness (QED) is 0.480. The number of rotatable bonds is 6. The molecule has 0 unspecified atom stereocenters. The minimum atomic E-state index is -0.404. The molecule has 1 aliphatic heterocycles. The first kappa shape index (κ1) is 19.5. The molecule has 4 rings (SSSR count). The number of carbonyl (C=O) groups excluding carboxylic acids is 2. The monoisotopic (exact) mass is 425 g/mol. The van der Waals surface area contributed by atoms with Gasteiger partial charge in [-0.15, -0.1) is 10.2 Å². The van der Waals surface area contributed by atoms with Crippen LogP contribution in [-0.4, -0.2) is 33.5 Å². The van der Waals surface area contributed by atoms with Crippen molar-refractivity contribution in [2.24, 2.45) is 5.92 Å². The van der Waals surface area contributed by atoms with Gasteiger partial charge in [0.25, 0.3) is 0 Å². The highest BCUT2D eigenvalue weighted by molar-refractivity contribution is 8.00. The van der Waals surface area contributed by atoms with Crippen molar-refractivity contribution in [3.05, 3.63) is 59.9 Å². The van der Waals surface area contributed by atoms with Gasteiger partial charge in [-0.3, -0.25) is 14.6 Å². The Labute approximate surface area is 176 Å². The number of anilines is 2. The molecular weight excluding hydrogens is 406 g/mol. The van der Waals surface area contributed by atoms with E-state index in [1.54, 1.807) is 22.9 Å². The van der Waals surface area contributed by atoms with E-state index in [1.165, 1.54) is 11.3 Å². The van der Waals surface area contributed by atoms with Crippen LogP contribution in [-0.2, 0) is 15.3 Å². The van der Waals surface area contributed by atoms with Crippen LogP contribution in [0.3, 0.4) is 0 Å². The summed E-state index contributed by atoms with van der Waals surface area (Å²) in [7, 11) is 0. The molecule has 148 valence electrons. The van der Waals surface area contributed by atoms with Crippen LogP contribution in [0.25, 0.3) is 0 Å². The summed E-state index contributed by atoms with van der Waals surface area (Å²) in [4.78, 5) is 30.7. The van der Waals surface area contributed by atoms with Crippen molar-refractivity contribution >= 4 is 45.7 Å². The number of benzene rings is 1. The minimum absolute atomic E-state index is 0.0426. The summed E-state index contributed by atoms with van der Waals surface area (Å²) in [5.74, 6) is 0.0880. The Hall–Kier alpha value is -2.78. The third-order valence-electron chi connectivity index (χ3n) is 4.56. The molecule has 2 aromatic heterocycles. The fourth-order valence-corrected chi connectivity index (χ4v) is 4.70. The van der Waals surface area contributed by atoms with Crippen molar-refractivity contribution in [2.75, 3.05) is 16.8 Å². The Kier molecular flexibility index (Phi) is 5.86. The molecule has 1 aliphatic rings. The maximum atomic E-state index is 12.6. The largest absolute Gasteiger partial charge is 0.312 e. The van der Waals surface area contributed by atoms with Gasteiger partial charge in [-0.25, -0.2) is 0 Å². The number of thioether (sulfide) groups is 1. The minimum Gasteiger partial charge on any atom is -0.312 e. The van der Waals surface area contributed by atoms with E-state index in [0.29, 0.717) is 11.7 Å². The number of hydrogen-bond donors (Lipinski definition) is 1. The molecule has 29 heavy (non-hydrogen) atoms. The molecule has 3 aromatic rings. The Bertz CT molecular complexity index is 1010. The lowest BCUT2D eigenvalue weighted by molar-refractivity contribution is -0.122. The summed E-state index contributed by atoms with van der Waals surface area (Å²) < 4.78 is 0.771.